The predicted octanol–water partition coefficient (Wildman–Crippen LogP) is 4.32. The molecule has 4 aliphatic heterocycles. The molecule has 47 heavy (non-hydrogen) atoms. The minimum atomic E-state index is -0.571. The molecule has 7 rings (SSSR count). The van der Waals surface area contributed by atoms with Crippen molar-refractivity contribution < 1.29 is 23.8 Å². The van der Waals surface area contributed by atoms with Crippen LogP contribution in [0, 0.1) is 5.41 Å². The zero-order valence-corrected chi connectivity index (χ0v) is 27.9. The van der Waals surface area contributed by atoms with Crippen LogP contribution < -0.4 is 20.0 Å². The van der Waals surface area contributed by atoms with Crippen molar-refractivity contribution in [1.29, 1.82) is 0 Å². The Morgan fingerprint density at radius 1 is 1.06 bits per heavy atom. The smallest absolute Gasteiger partial charge is 0.407 e. The summed E-state index contributed by atoms with van der Waals surface area (Å²) in [6, 6.07) is 3.69. The van der Waals surface area contributed by atoms with Crippen LogP contribution >= 0.6 is 0 Å². The third kappa shape index (κ3) is 5.97. The molecule has 3 fully saturated rings. The van der Waals surface area contributed by atoms with Crippen LogP contribution in [0.25, 0.3) is 11.2 Å². The van der Waals surface area contributed by atoms with E-state index in [1.165, 1.54) is 0 Å². The molecule has 14 nitrogen and oxygen atoms in total. The first-order valence-corrected chi connectivity index (χ1v) is 16.8. The Morgan fingerprint density at radius 3 is 2.60 bits per heavy atom. The van der Waals surface area contributed by atoms with Crippen molar-refractivity contribution in [3.8, 4) is 0 Å². The largest absolute Gasteiger partial charge is 0.444 e. The molecule has 252 valence electrons. The van der Waals surface area contributed by atoms with Crippen LogP contribution in [0.15, 0.2) is 24.5 Å². The second-order valence-corrected chi connectivity index (χ2v) is 14.1. The number of hydrogen-bond donors (Lipinski definition) is 1. The molecular formula is C33H45N9O5. The van der Waals surface area contributed by atoms with Gasteiger partial charge < -0.3 is 29.3 Å². The van der Waals surface area contributed by atoms with E-state index in [2.05, 4.69) is 20.1 Å². The lowest BCUT2D eigenvalue weighted by Crippen LogP contribution is -2.55. The van der Waals surface area contributed by atoms with Gasteiger partial charge in [-0.25, -0.2) is 24.4 Å². The van der Waals surface area contributed by atoms with Gasteiger partial charge in [0.15, 0.2) is 29.0 Å². The first-order valence-electron chi connectivity index (χ1n) is 16.8. The van der Waals surface area contributed by atoms with Gasteiger partial charge in [-0.2, -0.15) is 0 Å². The third-order valence-corrected chi connectivity index (χ3v) is 9.81. The van der Waals surface area contributed by atoms with E-state index in [0.717, 1.165) is 56.7 Å². The van der Waals surface area contributed by atoms with Gasteiger partial charge >= 0.3 is 6.09 Å². The Balaban J connectivity index is 1.17. The molecule has 7 heterocycles. The SMILES string of the molecule is CC(=O)N1CCN(c2nn(C3CCCCO3)c3nc(N4CCC5(CC4)CO[C@@H](C)[C@H]5NC(=O)OC(C)(C)C)cnc23)c2cccnc21. The molecule has 0 aliphatic carbocycles. The number of piperidine rings is 1. The van der Waals surface area contributed by atoms with E-state index in [-0.39, 0.29) is 29.7 Å². The second-order valence-electron chi connectivity index (χ2n) is 14.1. The highest BCUT2D eigenvalue weighted by molar-refractivity contribution is 5.97. The zero-order chi connectivity index (χ0) is 32.9. The molecule has 0 radical (unpaired) electrons. The van der Waals surface area contributed by atoms with Gasteiger partial charge in [0, 0.05) is 51.3 Å². The number of hydrogen-bond acceptors (Lipinski definition) is 11. The van der Waals surface area contributed by atoms with Crippen molar-refractivity contribution in [3.05, 3.63) is 24.5 Å². The van der Waals surface area contributed by atoms with E-state index in [0.29, 0.717) is 49.1 Å². The van der Waals surface area contributed by atoms with Gasteiger partial charge in [-0.1, -0.05) is 0 Å². The summed E-state index contributed by atoms with van der Waals surface area (Å²) < 4.78 is 19.8. The highest BCUT2D eigenvalue weighted by Crippen LogP contribution is 2.44. The molecule has 14 heteroatoms. The number of carbonyl (C=O) groups excluding carboxylic acids is 2. The summed E-state index contributed by atoms with van der Waals surface area (Å²) in [6.45, 7) is 13.0. The lowest BCUT2D eigenvalue weighted by molar-refractivity contribution is -0.116. The van der Waals surface area contributed by atoms with Gasteiger partial charge in [-0.05, 0) is 71.9 Å². The van der Waals surface area contributed by atoms with Gasteiger partial charge in [0.1, 0.15) is 11.4 Å². The van der Waals surface area contributed by atoms with Crippen LogP contribution in [-0.2, 0) is 19.0 Å². The summed E-state index contributed by atoms with van der Waals surface area (Å²) in [7, 11) is 0. The third-order valence-electron chi connectivity index (χ3n) is 9.81. The van der Waals surface area contributed by atoms with Crippen molar-refractivity contribution in [2.75, 3.05) is 54.1 Å². The summed E-state index contributed by atoms with van der Waals surface area (Å²) in [5.41, 5.74) is 1.41. The van der Waals surface area contributed by atoms with Gasteiger partial charge in [-0.3, -0.25) is 9.69 Å². The Hall–Kier alpha value is -4.04. The molecular weight excluding hydrogens is 602 g/mol. The van der Waals surface area contributed by atoms with Crippen LogP contribution in [0.3, 0.4) is 0 Å². The maximum Gasteiger partial charge on any atom is 0.407 e. The van der Waals surface area contributed by atoms with Crippen molar-refractivity contribution in [1.82, 2.24) is 30.0 Å². The van der Waals surface area contributed by atoms with Crippen LogP contribution in [0.5, 0.6) is 0 Å². The van der Waals surface area contributed by atoms with Crippen LogP contribution in [0.2, 0.25) is 0 Å². The Labute approximate surface area is 274 Å². The second kappa shape index (κ2) is 12.2. The number of nitrogens with one attached hydrogen (secondary N) is 1. The lowest BCUT2D eigenvalue weighted by atomic mass is 9.73. The summed E-state index contributed by atoms with van der Waals surface area (Å²) in [4.78, 5) is 45.9. The van der Waals surface area contributed by atoms with Gasteiger partial charge in [-0.15, -0.1) is 5.10 Å². The number of amides is 2. The Kier molecular flexibility index (Phi) is 8.19. The number of alkyl carbamates (subject to hydrolysis) is 1. The molecule has 3 atom stereocenters. The van der Waals surface area contributed by atoms with E-state index in [1.807, 2.05) is 50.7 Å². The minimum Gasteiger partial charge on any atom is -0.444 e. The number of aromatic nitrogens is 5. The van der Waals surface area contributed by atoms with Crippen molar-refractivity contribution in [2.24, 2.45) is 5.41 Å². The van der Waals surface area contributed by atoms with E-state index in [1.54, 1.807) is 18.0 Å². The maximum absolute atomic E-state index is 12.7. The average molecular weight is 648 g/mol. The fraction of sp³-hybridized carbons (Fsp3) is 0.636. The number of pyridine rings is 1. The molecule has 0 bridgehead atoms. The predicted molar refractivity (Wildman–Crippen MR) is 176 cm³/mol. The molecule has 1 N–H and O–H groups in total. The van der Waals surface area contributed by atoms with E-state index >= 15 is 0 Å². The standard InChI is InChI=1S/C33H45N9O5/c1-21-27(37-31(44)47-32(3,4)5)33(20-46-21)11-14-39(15-12-33)24-19-35-26-29(36-24)42(25-10-6-7-18-45-25)38-30(26)41-17-16-40(22(2)43)28-23(41)9-8-13-34-28/h8-9,13,19,21,25,27H,6-7,10-12,14-18,20H2,1-5H3,(H,37,44)/t21-,25?,27+/m0/s1. The maximum atomic E-state index is 12.7. The first-order chi connectivity index (χ1) is 22.5. The molecule has 0 aromatic carbocycles. The molecule has 3 aromatic rings. The number of rotatable bonds is 4. The van der Waals surface area contributed by atoms with Gasteiger partial charge in [0.25, 0.3) is 0 Å². The monoisotopic (exact) mass is 647 g/mol. The number of nitrogens with zero attached hydrogens (tertiary/aromatic N) is 8. The zero-order valence-electron chi connectivity index (χ0n) is 27.9. The van der Waals surface area contributed by atoms with Crippen molar-refractivity contribution in [3.63, 3.8) is 0 Å². The molecule has 4 aliphatic rings. The normalized spacial score (nSPS) is 24.4. The van der Waals surface area contributed by atoms with E-state index in [9.17, 15) is 9.59 Å². The molecule has 1 spiro atoms. The van der Waals surface area contributed by atoms with Crippen LogP contribution in [-0.4, -0.2) is 93.9 Å². The highest BCUT2D eigenvalue weighted by Gasteiger charge is 2.50. The molecule has 1 unspecified atom stereocenters. The van der Waals surface area contributed by atoms with Gasteiger partial charge in [0.05, 0.1) is 30.6 Å². The fourth-order valence-corrected chi connectivity index (χ4v) is 7.42. The average Bonchev–Trinajstić information content (AvgIpc) is 3.57. The molecule has 3 aromatic heterocycles. The number of ether oxygens (including phenoxy) is 3. The summed E-state index contributed by atoms with van der Waals surface area (Å²) >= 11 is 0. The molecule has 3 saturated heterocycles. The number of fused-ring (bicyclic) bond motifs is 2. The van der Waals surface area contributed by atoms with E-state index in [4.69, 9.17) is 29.3 Å². The fourth-order valence-electron chi connectivity index (χ4n) is 7.42. The molecule has 0 saturated carbocycles. The first kappa shape index (κ1) is 31.6. The van der Waals surface area contributed by atoms with Crippen LogP contribution in [0.4, 0.5) is 27.9 Å². The lowest BCUT2D eigenvalue weighted by Gasteiger charge is -2.42. The minimum absolute atomic E-state index is 0.0473. The highest BCUT2D eigenvalue weighted by atomic mass is 16.6. The molecule has 2 amide bonds. The van der Waals surface area contributed by atoms with Crippen LogP contribution in [0.1, 0.15) is 73.0 Å². The quantitative estimate of drug-likeness (QED) is 0.433. The van der Waals surface area contributed by atoms with Gasteiger partial charge in [0.2, 0.25) is 5.91 Å². The summed E-state index contributed by atoms with van der Waals surface area (Å²) in [5.74, 6) is 2.02. The van der Waals surface area contributed by atoms with Crippen molar-refractivity contribution in [2.45, 2.75) is 90.7 Å². The topological polar surface area (TPSA) is 140 Å². The Morgan fingerprint density at radius 2 is 1.87 bits per heavy atom. The number of carbonyl (C=O) groups is 2. The summed E-state index contributed by atoms with van der Waals surface area (Å²) in [6.07, 6.45) is 7.35. The van der Waals surface area contributed by atoms with Crippen molar-refractivity contribution >= 4 is 46.3 Å². The number of anilines is 4. The Bertz CT molecular complexity index is 1640. The summed E-state index contributed by atoms with van der Waals surface area (Å²) in [5, 5.41) is 8.22. The van der Waals surface area contributed by atoms with E-state index < -0.39 is 11.7 Å².